The quantitative estimate of drug-likeness (QED) is 0.655. The molecule has 9 nitrogen and oxygen atoms in total. The Morgan fingerprint density at radius 3 is 2.67 bits per heavy atom. The number of aromatic nitrogens is 5. The molecule has 0 spiro atoms. The SMILES string of the molecule is CC1CN(c2nc(-c3cnn(C4CC(C)(O)C4)c3)cn3ncc(F)c23)C(=O)C1(C#N)C1CC1. The van der Waals surface area contributed by atoms with E-state index in [2.05, 4.69) is 21.3 Å². The van der Waals surface area contributed by atoms with Crippen LogP contribution in [0.1, 0.15) is 45.6 Å². The number of halogens is 1. The highest BCUT2D eigenvalue weighted by molar-refractivity contribution is 6.04. The van der Waals surface area contributed by atoms with Crippen molar-refractivity contribution in [1.29, 1.82) is 5.26 Å². The Balaban J connectivity index is 1.42. The van der Waals surface area contributed by atoms with Crippen LogP contribution in [0, 0.1) is 34.4 Å². The highest BCUT2D eigenvalue weighted by atomic mass is 19.1. The summed E-state index contributed by atoms with van der Waals surface area (Å²) in [5.41, 5.74) is -0.438. The lowest BCUT2D eigenvalue weighted by Gasteiger charge is -2.40. The highest BCUT2D eigenvalue weighted by Crippen LogP contribution is 2.54. The molecule has 1 saturated heterocycles. The number of amides is 1. The normalized spacial score (nSPS) is 31.7. The number of nitrogens with zero attached hydrogens (tertiary/aromatic N) is 7. The van der Waals surface area contributed by atoms with E-state index in [0.29, 0.717) is 30.6 Å². The highest BCUT2D eigenvalue weighted by Gasteiger charge is 2.61. The van der Waals surface area contributed by atoms with E-state index in [1.807, 2.05) is 13.1 Å². The van der Waals surface area contributed by atoms with Gasteiger partial charge in [-0.3, -0.25) is 14.4 Å². The summed E-state index contributed by atoms with van der Waals surface area (Å²) in [6.45, 7) is 4.01. The minimum absolute atomic E-state index is 0.0434. The van der Waals surface area contributed by atoms with Crippen LogP contribution in [-0.2, 0) is 4.79 Å². The Hall–Kier alpha value is -3.32. The minimum Gasteiger partial charge on any atom is -0.390 e. The monoisotopic (exact) mass is 449 g/mol. The van der Waals surface area contributed by atoms with E-state index < -0.39 is 16.8 Å². The standard InChI is InChI=1S/C23H24FN7O2/c1-13-9-29(21(32)23(13,12-25)15-3-4-15)20-19-17(24)8-27-31(19)11-18(28-20)14-7-26-30(10-14)16-5-22(2,33)6-16/h7-8,10-11,13,15-16,33H,3-6,9H2,1-2H3. The molecule has 2 atom stereocenters. The summed E-state index contributed by atoms with van der Waals surface area (Å²) in [6.07, 6.45) is 9.18. The van der Waals surface area contributed by atoms with E-state index >= 15 is 0 Å². The lowest BCUT2D eigenvalue weighted by molar-refractivity contribution is -0.124. The zero-order valence-electron chi connectivity index (χ0n) is 18.4. The van der Waals surface area contributed by atoms with E-state index in [1.54, 1.807) is 24.0 Å². The fourth-order valence-electron chi connectivity index (χ4n) is 5.58. The predicted octanol–water partition coefficient (Wildman–Crippen LogP) is 2.72. The molecule has 0 aromatic carbocycles. The second kappa shape index (κ2) is 6.60. The predicted molar refractivity (Wildman–Crippen MR) is 115 cm³/mol. The average Bonchev–Trinajstić information content (AvgIpc) is 3.27. The number of carbonyl (C=O) groups is 1. The van der Waals surface area contributed by atoms with Gasteiger partial charge in [0, 0.05) is 24.2 Å². The van der Waals surface area contributed by atoms with Gasteiger partial charge in [0.2, 0.25) is 5.91 Å². The molecule has 6 rings (SSSR count). The maximum Gasteiger partial charge on any atom is 0.249 e. The summed E-state index contributed by atoms with van der Waals surface area (Å²) in [7, 11) is 0. The van der Waals surface area contributed by atoms with Crippen molar-refractivity contribution in [3.05, 3.63) is 30.6 Å². The van der Waals surface area contributed by atoms with Gasteiger partial charge in [0.25, 0.3) is 0 Å². The van der Waals surface area contributed by atoms with Gasteiger partial charge in [-0.2, -0.15) is 15.5 Å². The van der Waals surface area contributed by atoms with Crippen molar-refractivity contribution in [3.8, 4) is 17.3 Å². The summed E-state index contributed by atoms with van der Waals surface area (Å²) < 4.78 is 17.9. The van der Waals surface area contributed by atoms with Gasteiger partial charge in [0.05, 0.1) is 42.0 Å². The van der Waals surface area contributed by atoms with Crippen LogP contribution in [-0.4, -0.2) is 47.5 Å². The van der Waals surface area contributed by atoms with Crippen LogP contribution < -0.4 is 4.90 Å². The van der Waals surface area contributed by atoms with Crippen molar-refractivity contribution in [3.63, 3.8) is 0 Å². The molecule has 0 radical (unpaired) electrons. The summed E-state index contributed by atoms with van der Waals surface area (Å²) in [5.74, 6) is -0.844. The van der Waals surface area contributed by atoms with Crippen LogP contribution in [0.3, 0.4) is 0 Å². The van der Waals surface area contributed by atoms with Crippen molar-refractivity contribution >= 4 is 17.2 Å². The Bertz CT molecular complexity index is 1330. The Morgan fingerprint density at radius 2 is 2.00 bits per heavy atom. The van der Waals surface area contributed by atoms with Gasteiger partial charge in [-0.15, -0.1) is 0 Å². The molecule has 1 N–H and O–H groups in total. The fourth-order valence-corrected chi connectivity index (χ4v) is 5.58. The summed E-state index contributed by atoms with van der Waals surface area (Å²) in [5, 5.41) is 28.6. The zero-order chi connectivity index (χ0) is 23.1. The van der Waals surface area contributed by atoms with Crippen molar-refractivity contribution < 1.29 is 14.3 Å². The zero-order valence-corrected chi connectivity index (χ0v) is 18.4. The second-order valence-electron chi connectivity index (χ2n) is 10.1. The lowest BCUT2D eigenvalue weighted by atomic mass is 9.75. The summed E-state index contributed by atoms with van der Waals surface area (Å²) in [4.78, 5) is 19.7. The molecule has 3 aromatic rings. The van der Waals surface area contributed by atoms with Gasteiger partial charge in [-0.25, -0.2) is 13.9 Å². The molecule has 2 saturated carbocycles. The molecule has 170 valence electrons. The van der Waals surface area contributed by atoms with Gasteiger partial charge < -0.3 is 5.11 Å². The molecule has 0 bridgehead atoms. The van der Waals surface area contributed by atoms with Crippen molar-refractivity contribution in [2.45, 2.75) is 51.2 Å². The van der Waals surface area contributed by atoms with Gasteiger partial charge in [0.1, 0.15) is 10.9 Å². The molecule has 4 heterocycles. The minimum atomic E-state index is -1.09. The molecule has 10 heteroatoms. The van der Waals surface area contributed by atoms with E-state index in [-0.39, 0.29) is 35.1 Å². The third-order valence-electron chi connectivity index (χ3n) is 7.55. The number of rotatable bonds is 4. The lowest BCUT2D eigenvalue weighted by Crippen LogP contribution is -2.42. The van der Waals surface area contributed by atoms with Crippen molar-refractivity contribution in [2.24, 2.45) is 17.3 Å². The third-order valence-corrected chi connectivity index (χ3v) is 7.55. The summed E-state index contributed by atoms with van der Waals surface area (Å²) in [6, 6.07) is 2.41. The van der Waals surface area contributed by atoms with Crippen LogP contribution in [0.5, 0.6) is 0 Å². The molecular weight excluding hydrogens is 425 g/mol. The van der Waals surface area contributed by atoms with E-state index in [4.69, 9.17) is 0 Å². The first-order valence-corrected chi connectivity index (χ1v) is 11.3. The van der Waals surface area contributed by atoms with Gasteiger partial charge in [-0.05, 0) is 38.5 Å². The first-order valence-electron chi connectivity index (χ1n) is 11.3. The van der Waals surface area contributed by atoms with E-state index in [9.17, 15) is 19.6 Å². The second-order valence-corrected chi connectivity index (χ2v) is 10.1. The van der Waals surface area contributed by atoms with Gasteiger partial charge in [-0.1, -0.05) is 6.92 Å². The molecule has 3 fully saturated rings. The largest absolute Gasteiger partial charge is 0.390 e. The van der Waals surface area contributed by atoms with Crippen molar-refractivity contribution in [1.82, 2.24) is 24.4 Å². The van der Waals surface area contributed by atoms with Crippen molar-refractivity contribution in [2.75, 3.05) is 11.4 Å². The smallest absolute Gasteiger partial charge is 0.249 e. The van der Waals surface area contributed by atoms with Crippen LogP contribution >= 0.6 is 0 Å². The first kappa shape index (κ1) is 20.3. The van der Waals surface area contributed by atoms with Crippen LogP contribution in [0.4, 0.5) is 10.2 Å². The van der Waals surface area contributed by atoms with Gasteiger partial charge >= 0.3 is 0 Å². The van der Waals surface area contributed by atoms with Crippen LogP contribution in [0.15, 0.2) is 24.8 Å². The van der Waals surface area contributed by atoms with E-state index in [0.717, 1.165) is 19.0 Å². The molecule has 2 aliphatic carbocycles. The number of anilines is 1. The summed E-state index contributed by atoms with van der Waals surface area (Å²) >= 11 is 0. The number of aliphatic hydroxyl groups is 1. The van der Waals surface area contributed by atoms with Crippen LogP contribution in [0.25, 0.3) is 16.8 Å². The molecule has 33 heavy (non-hydrogen) atoms. The third kappa shape index (κ3) is 2.85. The van der Waals surface area contributed by atoms with Gasteiger partial charge in [0.15, 0.2) is 11.6 Å². The number of hydrogen-bond acceptors (Lipinski definition) is 6. The van der Waals surface area contributed by atoms with E-state index in [1.165, 1.54) is 9.42 Å². The molecule has 3 aliphatic rings. The fraction of sp³-hybridized carbons (Fsp3) is 0.522. The molecular formula is C23H24FN7O2. The number of nitriles is 1. The molecule has 3 aromatic heterocycles. The maximum absolute atomic E-state index is 14.7. The molecule has 2 unspecified atom stereocenters. The average molecular weight is 449 g/mol. The topological polar surface area (TPSA) is 112 Å². The Morgan fingerprint density at radius 1 is 1.24 bits per heavy atom. The number of hydrogen-bond donors (Lipinski definition) is 1. The number of fused-ring (bicyclic) bond motifs is 1. The first-order chi connectivity index (χ1) is 15.7. The maximum atomic E-state index is 14.7. The Kier molecular flexibility index (Phi) is 4.06. The molecule has 1 amide bonds. The number of carbonyl (C=O) groups excluding carboxylic acids is 1. The van der Waals surface area contributed by atoms with Crippen LogP contribution in [0.2, 0.25) is 0 Å². The Labute approximate surface area is 189 Å². The molecule has 1 aliphatic heterocycles.